The monoisotopic (exact) mass is 1620 g/mol. The third-order valence-electron chi connectivity index (χ3n) is 27.0. The van der Waals surface area contributed by atoms with Crippen molar-refractivity contribution in [2.24, 2.45) is 29.1 Å². The Morgan fingerprint density at radius 2 is 0.805 bits per heavy atom. The molecule has 650 valence electrons. The van der Waals surface area contributed by atoms with Gasteiger partial charge in [0.15, 0.2) is 12.6 Å². The van der Waals surface area contributed by atoms with Gasteiger partial charge in [0, 0.05) is 17.6 Å². The predicted octanol–water partition coefficient (Wildman–Crippen LogP) is 29.9. The van der Waals surface area contributed by atoms with Gasteiger partial charge in [0.25, 0.3) is 0 Å². The van der Waals surface area contributed by atoms with Gasteiger partial charge in [-0.15, -0.1) is 0 Å². The molecule has 0 amide bonds. The van der Waals surface area contributed by atoms with Gasteiger partial charge in [-0.25, -0.2) is 0 Å². The maximum Gasteiger partial charge on any atom is 0.226 e. The Balaban J connectivity index is 0.000000173. The Bertz CT molecular complexity index is 3730. The molecule has 5 saturated carbocycles. The molecule has 1 aliphatic heterocycles. The minimum absolute atomic E-state index is 0.0194. The first-order valence-electron chi connectivity index (χ1n) is 47.1. The first kappa shape index (κ1) is 95.0. The number of benzene rings is 7. The van der Waals surface area contributed by atoms with Crippen LogP contribution in [0.3, 0.4) is 0 Å². The van der Waals surface area contributed by atoms with Crippen molar-refractivity contribution in [2.75, 3.05) is 33.0 Å². The fourth-order valence-corrected chi connectivity index (χ4v) is 17.8. The molecule has 11 nitrogen and oxygen atoms in total. The number of ether oxygens (including phenoxy) is 10. The standard InChI is InChI=1S/C27H36O2.C26H36O3.C25H40O3.C19H30O2.C10H14O/c1-3-20(2)21-13-16-25(17-14-21)28-27(23-10-5-4-6-11-23)29-26-18-15-22-9-7-8-12-24(22)19-26;1-4-20(2)22-10-16-26(17-11-22)29-21(3)27-18-19-28-25-14-12-24(13-15-25)23-8-6-5-7-9-23;1-5-19(2)20-13-15-22(16-14-20)28-24(27-18-23-12-9-17-26-23)25(3,4)21-10-7-6-8-11-21;1-4-15(2)18-10-12-19(13-11-18)21-16(3)20-14-17-8-6-5-7-9-17;1-3-8(2)9-4-6-10(11)7-5-9/h4-6,10-11,13-14,16-17,20,22,24,26-27H,3,7-9,12,15,18-19H2,1-2H3;10-17,20-21,23H,4-9,18-19H2,1-3H3;13-16,19,21,23-24H,5-12,17-18H2,1-4H3;10-13,15-17H,4-9,14H2,1-3H3;4-8,11H,3H2,1-2H3. The van der Waals surface area contributed by atoms with Crippen LogP contribution in [0.4, 0.5) is 0 Å². The lowest BCUT2D eigenvalue weighted by atomic mass is 9.70. The zero-order valence-corrected chi connectivity index (χ0v) is 75.6. The molecule has 0 radical (unpaired) electrons. The lowest BCUT2D eigenvalue weighted by molar-refractivity contribution is -0.181. The summed E-state index contributed by atoms with van der Waals surface area (Å²) < 4.78 is 60.8. The van der Waals surface area contributed by atoms with Crippen LogP contribution in [0, 0.1) is 29.1 Å². The fraction of sp³-hybridized carbons (Fsp3) is 0.607. The minimum atomic E-state index is -0.337. The molecular formula is C107H156O11. The second-order valence-corrected chi connectivity index (χ2v) is 36.1. The lowest BCUT2D eigenvalue weighted by Crippen LogP contribution is -2.44. The summed E-state index contributed by atoms with van der Waals surface area (Å²) in [4.78, 5) is 0. The Kier molecular flexibility index (Phi) is 41.7. The van der Waals surface area contributed by atoms with Gasteiger partial charge in [-0.3, -0.25) is 0 Å². The van der Waals surface area contributed by atoms with E-state index in [0.29, 0.717) is 67.2 Å². The number of rotatable bonds is 35. The van der Waals surface area contributed by atoms with E-state index >= 15 is 0 Å². The van der Waals surface area contributed by atoms with Gasteiger partial charge in [-0.1, -0.05) is 270 Å². The van der Waals surface area contributed by atoms with E-state index in [1.807, 2.05) is 38.1 Å². The normalized spacial score (nSPS) is 20.8. The highest BCUT2D eigenvalue weighted by Gasteiger charge is 2.41. The molecule has 0 bridgehead atoms. The molecule has 6 fully saturated rings. The van der Waals surface area contributed by atoms with Crippen molar-refractivity contribution < 1.29 is 52.5 Å². The SMILES string of the molecule is CCC(C)c1ccc(O)cc1.CCC(C)c1ccc(OC(C)OCC2CCCCC2)cc1.CCC(C)c1ccc(OC(C)OCCOc2ccc(C3CCCCC3)cc2)cc1.CCC(C)c1ccc(OC(OC2CCC3CCCCC3C2)c2ccccc2)cc1.CCC(C)c1ccc(OC(OCC2CCCO2)C(C)(C)C2CCCCC2)cc1. The van der Waals surface area contributed by atoms with Crippen molar-refractivity contribution in [3.05, 3.63) is 215 Å². The van der Waals surface area contributed by atoms with Gasteiger partial charge in [-0.2, -0.15) is 0 Å². The number of phenols is 1. The topological polar surface area (TPSA) is 113 Å². The zero-order valence-electron chi connectivity index (χ0n) is 75.6. The van der Waals surface area contributed by atoms with Crippen LogP contribution in [0.2, 0.25) is 0 Å². The maximum atomic E-state index is 9.01. The van der Waals surface area contributed by atoms with Crippen molar-refractivity contribution >= 4 is 0 Å². The van der Waals surface area contributed by atoms with E-state index in [1.165, 1.54) is 181 Å². The molecule has 1 heterocycles. The maximum absolute atomic E-state index is 9.01. The Morgan fingerprint density at radius 3 is 1.29 bits per heavy atom. The summed E-state index contributed by atoms with van der Waals surface area (Å²) in [6.07, 6.45) is 36.9. The van der Waals surface area contributed by atoms with Crippen LogP contribution in [0.25, 0.3) is 0 Å². The zero-order chi connectivity index (χ0) is 83.9. The van der Waals surface area contributed by atoms with Crippen LogP contribution in [0.1, 0.15) is 364 Å². The molecule has 7 aromatic rings. The summed E-state index contributed by atoms with van der Waals surface area (Å²) in [6.45, 7) is 34.2. The first-order chi connectivity index (χ1) is 57.3. The van der Waals surface area contributed by atoms with Crippen LogP contribution >= 0.6 is 0 Å². The van der Waals surface area contributed by atoms with Crippen molar-refractivity contribution in [1.82, 2.24) is 0 Å². The van der Waals surface area contributed by atoms with Gasteiger partial charge in [-0.05, 0) is 282 Å². The minimum Gasteiger partial charge on any atom is -0.508 e. The summed E-state index contributed by atoms with van der Waals surface area (Å²) in [7, 11) is 0. The number of aromatic hydroxyl groups is 1. The molecule has 0 spiro atoms. The van der Waals surface area contributed by atoms with Crippen molar-refractivity contribution in [3.63, 3.8) is 0 Å². The molecule has 6 aliphatic rings. The number of phenolic OH excluding ortho intramolecular Hbond substituents is 1. The lowest BCUT2D eigenvalue weighted by Gasteiger charge is -2.42. The molecule has 0 aromatic heterocycles. The van der Waals surface area contributed by atoms with E-state index in [1.54, 1.807) is 12.1 Å². The van der Waals surface area contributed by atoms with Crippen LogP contribution in [-0.2, 0) is 23.7 Å². The Morgan fingerprint density at radius 1 is 0.373 bits per heavy atom. The first-order valence-corrected chi connectivity index (χ1v) is 47.1. The Hall–Kier alpha value is -6.86. The molecule has 11 heteroatoms. The molecule has 13 rings (SSSR count). The third-order valence-corrected chi connectivity index (χ3v) is 27.0. The van der Waals surface area contributed by atoms with Crippen molar-refractivity contribution in [2.45, 2.75) is 356 Å². The molecule has 13 unspecified atom stereocenters. The Labute approximate surface area is 715 Å². The number of hydrogen-bond acceptors (Lipinski definition) is 11. The van der Waals surface area contributed by atoms with Crippen LogP contribution in [0.15, 0.2) is 176 Å². The molecular weight excluding hydrogens is 1460 g/mol. The average Bonchev–Trinajstić information content (AvgIpc) is 0.871. The molecule has 118 heavy (non-hydrogen) atoms. The van der Waals surface area contributed by atoms with Crippen molar-refractivity contribution in [1.29, 1.82) is 0 Å². The summed E-state index contributed by atoms with van der Waals surface area (Å²) in [5, 5.41) is 9.01. The van der Waals surface area contributed by atoms with E-state index in [9.17, 15) is 0 Å². The van der Waals surface area contributed by atoms with Gasteiger partial charge in [0.05, 0.1) is 32.0 Å². The largest absolute Gasteiger partial charge is 0.508 e. The average molecular weight is 1620 g/mol. The van der Waals surface area contributed by atoms with E-state index in [0.717, 1.165) is 110 Å². The summed E-state index contributed by atoms with van der Waals surface area (Å²) in [5.41, 5.74) is 9.29. The highest BCUT2D eigenvalue weighted by atomic mass is 16.7. The van der Waals surface area contributed by atoms with Gasteiger partial charge in [0.1, 0.15) is 41.1 Å². The summed E-state index contributed by atoms with van der Waals surface area (Å²) >= 11 is 0. The summed E-state index contributed by atoms with van der Waals surface area (Å²) in [6, 6.07) is 60.4. The van der Waals surface area contributed by atoms with Crippen molar-refractivity contribution in [3.8, 4) is 34.5 Å². The van der Waals surface area contributed by atoms with Gasteiger partial charge >= 0.3 is 0 Å². The van der Waals surface area contributed by atoms with E-state index in [4.69, 9.17) is 52.5 Å². The van der Waals surface area contributed by atoms with Crippen LogP contribution in [-0.4, -0.2) is 69.2 Å². The van der Waals surface area contributed by atoms with Crippen LogP contribution in [0.5, 0.6) is 34.5 Å². The van der Waals surface area contributed by atoms with Gasteiger partial charge < -0.3 is 52.5 Å². The number of hydrogen-bond donors (Lipinski definition) is 1. The second kappa shape index (κ2) is 51.8. The highest BCUT2D eigenvalue weighted by Crippen LogP contribution is 2.45. The quantitative estimate of drug-likeness (QED) is 0.0303. The molecule has 13 atom stereocenters. The molecule has 1 saturated heterocycles. The third kappa shape index (κ3) is 32.2. The van der Waals surface area contributed by atoms with E-state index < -0.39 is 0 Å². The summed E-state index contributed by atoms with van der Waals surface area (Å²) in [5.74, 6) is 11.6. The van der Waals surface area contributed by atoms with Crippen LogP contribution < -0.4 is 23.7 Å². The van der Waals surface area contributed by atoms with E-state index in [-0.39, 0.29) is 36.7 Å². The smallest absolute Gasteiger partial charge is 0.226 e. The highest BCUT2D eigenvalue weighted by molar-refractivity contribution is 5.34. The molecule has 7 aromatic carbocycles. The number of fused-ring (bicyclic) bond motifs is 1. The second-order valence-electron chi connectivity index (χ2n) is 36.1. The van der Waals surface area contributed by atoms with E-state index in [2.05, 4.69) is 223 Å². The van der Waals surface area contributed by atoms with Gasteiger partial charge in [0.2, 0.25) is 12.6 Å². The fourth-order valence-electron chi connectivity index (χ4n) is 17.8. The molecule has 1 N–H and O–H groups in total. The predicted molar refractivity (Wildman–Crippen MR) is 488 cm³/mol. The molecule has 5 aliphatic carbocycles.